The predicted octanol–water partition coefficient (Wildman–Crippen LogP) is 13.2. The smallest absolute Gasteiger partial charge is 0.219 e. The van der Waals surface area contributed by atoms with Gasteiger partial charge in [0.05, 0.1) is 21.1 Å². The van der Waals surface area contributed by atoms with Gasteiger partial charge in [-0.05, 0) is 77.0 Å². The molecule has 3 heteroatoms. The van der Waals surface area contributed by atoms with Crippen LogP contribution in [0.5, 0.6) is 0 Å². The average molecular weight is 629 g/mol. The number of hydrogen-bond donors (Lipinski definition) is 0. The van der Waals surface area contributed by atoms with E-state index in [4.69, 9.17) is 9.47 Å². The lowest BCUT2D eigenvalue weighted by Crippen LogP contribution is -2.47. The molecule has 0 amide bonds. The molecule has 0 aromatic heterocycles. The lowest BCUT2D eigenvalue weighted by molar-refractivity contribution is -0.917. The molecule has 1 saturated heterocycles. The van der Waals surface area contributed by atoms with E-state index in [0.717, 1.165) is 36.8 Å². The van der Waals surface area contributed by atoms with Crippen molar-refractivity contribution in [2.24, 2.45) is 0 Å². The fourth-order valence-electron chi connectivity index (χ4n) is 6.07. The number of quaternary nitrogens is 1. The Bertz CT molecular complexity index is 711. The third-order valence-corrected chi connectivity index (χ3v) is 9.22. The molecule has 1 rings (SSSR count). The molecule has 0 radical (unpaired) electrons. The number of hydrogen-bond acceptors (Lipinski definition) is 2. The van der Waals surface area contributed by atoms with E-state index >= 15 is 0 Å². The predicted molar refractivity (Wildman–Crippen MR) is 200 cm³/mol. The van der Waals surface area contributed by atoms with Crippen molar-refractivity contribution >= 4 is 0 Å². The molecule has 0 N–H and O–H groups in total. The zero-order valence-electron chi connectivity index (χ0n) is 31.1. The summed E-state index contributed by atoms with van der Waals surface area (Å²) in [4.78, 5) is 0. The minimum atomic E-state index is -0.347. The SMILES string of the molecule is CCCCCC=CCC=CCCCCCCCCC1(CCCCCCCCC=CCC=CCCCCC)OCC([N+](C)(C)C)O1. The maximum absolute atomic E-state index is 6.69. The maximum atomic E-state index is 6.69. The van der Waals surface area contributed by atoms with Gasteiger partial charge in [0.2, 0.25) is 6.23 Å². The van der Waals surface area contributed by atoms with E-state index in [9.17, 15) is 0 Å². The first-order valence-corrected chi connectivity index (χ1v) is 19.7. The zero-order valence-corrected chi connectivity index (χ0v) is 31.1. The average Bonchev–Trinajstić information content (AvgIpc) is 3.46. The van der Waals surface area contributed by atoms with Gasteiger partial charge in [0, 0.05) is 12.8 Å². The van der Waals surface area contributed by atoms with E-state index in [1.807, 2.05) is 0 Å². The highest BCUT2D eigenvalue weighted by molar-refractivity contribution is 4.93. The molecular formula is C42H78NO2+. The summed E-state index contributed by atoms with van der Waals surface area (Å²) in [7, 11) is 6.68. The van der Waals surface area contributed by atoms with Crippen LogP contribution in [0.3, 0.4) is 0 Å². The summed E-state index contributed by atoms with van der Waals surface area (Å²) in [6, 6.07) is 0. The summed E-state index contributed by atoms with van der Waals surface area (Å²) in [6.45, 7) is 5.27. The Morgan fingerprint density at radius 1 is 0.489 bits per heavy atom. The van der Waals surface area contributed by atoms with Crippen molar-refractivity contribution in [3.63, 3.8) is 0 Å². The van der Waals surface area contributed by atoms with Gasteiger partial charge in [-0.3, -0.25) is 4.74 Å². The number of nitrogens with zero attached hydrogens (tertiary/aromatic N) is 1. The molecule has 1 fully saturated rings. The highest BCUT2D eigenvalue weighted by atomic mass is 16.8. The molecule has 0 aliphatic carbocycles. The lowest BCUT2D eigenvalue weighted by Gasteiger charge is -2.33. The zero-order chi connectivity index (χ0) is 32.7. The summed E-state index contributed by atoms with van der Waals surface area (Å²) in [6.07, 6.45) is 52.0. The fourth-order valence-corrected chi connectivity index (χ4v) is 6.07. The van der Waals surface area contributed by atoms with Gasteiger partial charge in [0.1, 0.15) is 6.61 Å². The van der Waals surface area contributed by atoms with E-state index < -0.39 is 0 Å². The maximum Gasteiger partial charge on any atom is 0.219 e. The molecule has 1 aliphatic rings. The number of likely N-dealkylation sites (N-methyl/N-ethyl adjacent to an activating group) is 1. The molecule has 0 aromatic carbocycles. The second-order valence-corrected chi connectivity index (χ2v) is 14.6. The number of rotatable bonds is 31. The fraction of sp³-hybridized carbons (Fsp3) is 0.810. The molecule has 0 spiro atoms. The summed E-state index contributed by atoms with van der Waals surface area (Å²) >= 11 is 0. The van der Waals surface area contributed by atoms with E-state index in [0.29, 0.717) is 0 Å². The van der Waals surface area contributed by atoms with Crippen molar-refractivity contribution in [2.75, 3.05) is 27.7 Å². The van der Waals surface area contributed by atoms with Gasteiger partial charge >= 0.3 is 0 Å². The normalized spacial score (nSPS) is 19.4. The molecule has 3 nitrogen and oxygen atoms in total. The topological polar surface area (TPSA) is 18.5 Å². The van der Waals surface area contributed by atoms with Crippen LogP contribution in [0.2, 0.25) is 0 Å². The van der Waals surface area contributed by atoms with Crippen LogP contribution in [0.25, 0.3) is 0 Å². The number of ether oxygens (including phenoxy) is 2. The second-order valence-electron chi connectivity index (χ2n) is 14.6. The van der Waals surface area contributed by atoms with E-state index in [1.165, 1.54) is 141 Å². The van der Waals surface area contributed by atoms with Gasteiger partial charge in [0.25, 0.3) is 0 Å². The van der Waals surface area contributed by atoms with E-state index in [1.54, 1.807) is 0 Å². The van der Waals surface area contributed by atoms with Crippen molar-refractivity contribution in [1.29, 1.82) is 0 Å². The molecule has 45 heavy (non-hydrogen) atoms. The van der Waals surface area contributed by atoms with Crippen molar-refractivity contribution in [3.8, 4) is 0 Å². The molecule has 1 unspecified atom stereocenters. The third-order valence-electron chi connectivity index (χ3n) is 9.22. The van der Waals surface area contributed by atoms with Crippen LogP contribution in [-0.4, -0.2) is 44.2 Å². The first-order valence-electron chi connectivity index (χ1n) is 19.7. The van der Waals surface area contributed by atoms with Gasteiger partial charge in [-0.25, -0.2) is 0 Å². The van der Waals surface area contributed by atoms with Gasteiger partial charge in [0.15, 0.2) is 5.79 Å². The van der Waals surface area contributed by atoms with Gasteiger partial charge in [-0.1, -0.05) is 140 Å². The minimum Gasteiger partial charge on any atom is -0.341 e. The molecule has 0 bridgehead atoms. The first kappa shape index (κ1) is 41.9. The molecule has 0 aromatic rings. The number of allylic oxidation sites excluding steroid dienone is 8. The largest absolute Gasteiger partial charge is 0.341 e. The summed E-state index contributed by atoms with van der Waals surface area (Å²) < 4.78 is 14.0. The van der Waals surface area contributed by atoms with Crippen LogP contribution in [0.1, 0.15) is 181 Å². The van der Waals surface area contributed by atoms with Crippen LogP contribution >= 0.6 is 0 Å². The van der Waals surface area contributed by atoms with Crippen LogP contribution in [0.15, 0.2) is 48.6 Å². The Kier molecular flexibility index (Phi) is 27.0. The summed E-state index contributed by atoms with van der Waals surface area (Å²) in [5.41, 5.74) is 0. The molecular weight excluding hydrogens is 550 g/mol. The minimum absolute atomic E-state index is 0.152. The van der Waals surface area contributed by atoms with Crippen LogP contribution in [0.4, 0.5) is 0 Å². The van der Waals surface area contributed by atoms with Gasteiger partial charge in [-0.15, -0.1) is 0 Å². The van der Waals surface area contributed by atoms with Crippen molar-refractivity contribution in [1.82, 2.24) is 0 Å². The van der Waals surface area contributed by atoms with Crippen LogP contribution in [-0.2, 0) is 9.47 Å². The van der Waals surface area contributed by atoms with Gasteiger partial charge < -0.3 is 9.22 Å². The summed E-state index contributed by atoms with van der Waals surface area (Å²) in [5.74, 6) is -0.347. The Hall–Kier alpha value is -1.16. The Morgan fingerprint density at radius 3 is 1.20 bits per heavy atom. The Labute approximate surface area is 282 Å². The molecule has 262 valence electrons. The standard InChI is InChI=1S/C42H78NO2/c1-6-8-10-12-14-16-18-20-22-24-26-28-30-32-34-36-38-42(44-40-41(45-42)43(3,4)5)39-37-35-33-31-29-27-25-23-21-19-17-15-13-11-9-7-2/h14-17,20-23,41H,6-13,18-19,24-40H2,1-5H3/q+1. The third kappa shape index (κ3) is 24.6. The highest BCUT2D eigenvalue weighted by Crippen LogP contribution is 2.36. The number of unbranched alkanes of at least 4 members (excludes halogenated alkanes) is 18. The highest BCUT2D eigenvalue weighted by Gasteiger charge is 2.45. The summed E-state index contributed by atoms with van der Waals surface area (Å²) in [5, 5.41) is 0. The second kappa shape index (κ2) is 29.0. The van der Waals surface area contributed by atoms with Crippen molar-refractivity contribution in [2.45, 2.75) is 193 Å². The van der Waals surface area contributed by atoms with Crippen molar-refractivity contribution in [3.05, 3.63) is 48.6 Å². The lowest BCUT2D eigenvalue weighted by atomic mass is 9.98. The van der Waals surface area contributed by atoms with E-state index in [2.05, 4.69) is 83.6 Å². The van der Waals surface area contributed by atoms with Crippen molar-refractivity contribution < 1.29 is 14.0 Å². The Morgan fingerprint density at radius 2 is 0.844 bits per heavy atom. The van der Waals surface area contributed by atoms with E-state index in [-0.39, 0.29) is 12.0 Å². The molecule has 0 saturated carbocycles. The molecule has 1 atom stereocenters. The monoisotopic (exact) mass is 629 g/mol. The molecule has 1 aliphatic heterocycles. The molecule has 1 heterocycles. The quantitative estimate of drug-likeness (QED) is 0.0432. The van der Waals surface area contributed by atoms with Gasteiger partial charge in [-0.2, -0.15) is 0 Å². The van der Waals surface area contributed by atoms with Crippen LogP contribution in [0, 0.1) is 0 Å². The Balaban J connectivity index is 2.15. The van der Waals surface area contributed by atoms with Crippen LogP contribution < -0.4 is 0 Å². The first-order chi connectivity index (χ1) is 21.9.